The second-order valence-electron chi connectivity index (χ2n) is 3.06. The van der Waals surface area contributed by atoms with Gasteiger partial charge in [0.15, 0.2) is 11.6 Å². The van der Waals surface area contributed by atoms with Crippen molar-refractivity contribution < 1.29 is 14.2 Å². The summed E-state index contributed by atoms with van der Waals surface area (Å²) >= 11 is 0. The highest BCUT2D eigenvalue weighted by Crippen LogP contribution is 2.15. The molecule has 0 aliphatic rings. The average Bonchev–Trinajstić information content (AvgIpc) is 2.20. The molecule has 0 unspecified atom stereocenters. The predicted octanol–water partition coefficient (Wildman–Crippen LogP) is 2.37. The third-order valence-electron chi connectivity index (χ3n) is 1.90. The van der Waals surface area contributed by atoms with Crippen molar-refractivity contribution in [2.45, 2.75) is 19.3 Å². The fourth-order valence-corrected chi connectivity index (χ4v) is 1.13. The van der Waals surface area contributed by atoms with Crippen LogP contribution in [0.5, 0.6) is 5.75 Å². The number of benzene rings is 1. The summed E-state index contributed by atoms with van der Waals surface area (Å²) in [5.41, 5.74) is 0. The van der Waals surface area contributed by atoms with Crippen LogP contribution in [0.4, 0.5) is 4.39 Å². The van der Waals surface area contributed by atoms with Gasteiger partial charge in [0, 0.05) is 6.61 Å². The van der Waals surface area contributed by atoms with Crippen molar-refractivity contribution >= 4 is 0 Å². The van der Waals surface area contributed by atoms with E-state index in [1.807, 2.05) is 0 Å². The quantitative estimate of drug-likeness (QED) is 0.711. The number of para-hydroxylation sites is 1. The van der Waals surface area contributed by atoms with Crippen LogP contribution in [-0.4, -0.2) is 18.3 Å². The Hall–Kier alpha value is -1.09. The first kappa shape index (κ1) is 11.0. The van der Waals surface area contributed by atoms with E-state index in [0.29, 0.717) is 12.4 Å². The first-order valence-electron chi connectivity index (χ1n) is 4.83. The van der Waals surface area contributed by atoms with Crippen molar-refractivity contribution in [1.82, 2.24) is 0 Å². The monoisotopic (exact) mass is 198 g/mol. The highest BCUT2D eigenvalue weighted by molar-refractivity contribution is 5.23. The molecule has 1 N–H and O–H groups in total. The second kappa shape index (κ2) is 6.38. The molecule has 1 aromatic rings. The van der Waals surface area contributed by atoms with Crippen molar-refractivity contribution in [1.29, 1.82) is 0 Å². The molecule has 0 aliphatic carbocycles. The molecule has 0 heterocycles. The smallest absolute Gasteiger partial charge is 0.165 e. The summed E-state index contributed by atoms with van der Waals surface area (Å²) < 4.78 is 18.2. The topological polar surface area (TPSA) is 29.5 Å². The standard InChI is InChI=1S/C11H15FO2/c12-10-6-2-3-7-11(10)14-9-5-1-4-8-13/h2-3,6-7,13H,1,4-5,8-9H2. The third kappa shape index (κ3) is 3.75. The van der Waals surface area contributed by atoms with Gasteiger partial charge in [-0.1, -0.05) is 12.1 Å². The van der Waals surface area contributed by atoms with Crippen LogP contribution in [0.3, 0.4) is 0 Å². The van der Waals surface area contributed by atoms with Gasteiger partial charge in [-0.2, -0.15) is 0 Å². The van der Waals surface area contributed by atoms with Crippen LogP contribution in [-0.2, 0) is 0 Å². The van der Waals surface area contributed by atoms with E-state index in [-0.39, 0.29) is 12.4 Å². The summed E-state index contributed by atoms with van der Waals surface area (Å²) in [7, 11) is 0. The van der Waals surface area contributed by atoms with Gasteiger partial charge in [0.25, 0.3) is 0 Å². The molecule has 0 fully saturated rings. The number of unbranched alkanes of at least 4 members (excludes halogenated alkanes) is 2. The number of halogens is 1. The van der Waals surface area contributed by atoms with E-state index >= 15 is 0 Å². The lowest BCUT2D eigenvalue weighted by Gasteiger charge is -2.05. The average molecular weight is 198 g/mol. The number of aliphatic hydroxyl groups excluding tert-OH is 1. The molecule has 0 spiro atoms. The summed E-state index contributed by atoms with van der Waals surface area (Å²) in [5, 5.41) is 8.53. The SMILES string of the molecule is OCCCCCOc1ccccc1F. The van der Waals surface area contributed by atoms with Crippen molar-refractivity contribution in [3.05, 3.63) is 30.1 Å². The summed E-state index contributed by atoms with van der Waals surface area (Å²) in [6.07, 6.45) is 2.53. The zero-order valence-electron chi connectivity index (χ0n) is 8.08. The molecule has 78 valence electrons. The van der Waals surface area contributed by atoms with Crippen LogP contribution in [0.15, 0.2) is 24.3 Å². The Bertz CT molecular complexity index is 263. The minimum Gasteiger partial charge on any atom is -0.491 e. The maximum atomic E-state index is 13.0. The van der Waals surface area contributed by atoms with Crippen LogP contribution in [0.1, 0.15) is 19.3 Å². The molecule has 2 nitrogen and oxygen atoms in total. The van der Waals surface area contributed by atoms with Crippen molar-refractivity contribution in [2.24, 2.45) is 0 Å². The van der Waals surface area contributed by atoms with Gasteiger partial charge in [-0.25, -0.2) is 4.39 Å². The van der Waals surface area contributed by atoms with Crippen LogP contribution < -0.4 is 4.74 Å². The molecule has 1 rings (SSSR count). The molecule has 0 amide bonds. The van der Waals surface area contributed by atoms with E-state index < -0.39 is 0 Å². The Morgan fingerprint density at radius 1 is 1.14 bits per heavy atom. The number of aliphatic hydroxyl groups is 1. The molecule has 0 radical (unpaired) electrons. The van der Waals surface area contributed by atoms with Gasteiger partial charge >= 0.3 is 0 Å². The lowest BCUT2D eigenvalue weighted by Crippen LogP contribution is -1.99. The van der Waals surface area contributed by atoms with Crippen molar-refractivity contribution in [2.75, 3.05) is 13.2 Å². The van der Waals surface area contributed by atoms with Gasteiger partial charge in [-0.3, -0.25) is 0 Å². The molecule has 0 atom stereocenters. The molecule has 0 saturated heterocycles. The molecule has 14 heavy (non-hydrogen) atoms. The van der Waals surface area contributed by atoms with Gasteiger partial charge in [0.2, 0.25) is 0 Å². The van der Waals surface area contributed by atoms with Crippen LogP contribution >= 0.6 is 0 Å². The molecule has 3 heteroatoms. The van der Waals surface area contributed by atoms with E-state index in [4.69, 9.17) is 9.84 Å². The normalized spacial score (nSPS) is 10.1. The van der Waals surface area contributed by atoms with Gasteiger partial charge < -0.3 is 9.84 Å². The lowest BCUT2D eigenvalue weighted by atomic mass is 10.2. The Morgan fingerprint density at radius 3 is 2.64 bits per heavy atom. The molecule has 0 saturated carbocycles. The molecule has 1 aromatic carbocycles. The molecular formula is C11H15FO2. The highest BCUT2D eigenvalue weighted by atomic mass is 19.1. The summed E-state index contributed by atoms with van der Waals surface area (Å²) in [5.74, 6) is -0.0221. The Morgan fingerprint density at radius 2 is 1.93 bits per heavy atom. The summed E-state index contributed by atoms with van der Waals surface area (Å²) in [6.45, 7) is 0.709. The maximum absolute atomic E-state index is 13.0. The van der Waals surface area contributed by atoms with E-state index in [1.165, 1.54) is 6.07 Å². The highest BCUT2D eigenvalue weighted by Gasteiger charge is 1.99. The van der Waals surface area contributed by atoms with E-state index in [9.17, 15) is 4.39 Å². The summed E-state index contributed by atoms with van der Waals surface area (Å²) in [6, 6.07) is 6.37. The van der Waals surface area contributed by atoms with Crippen molar-refractivity contribution in [3.8, 4) is 5.75 Å². The van der Waals surface area contributed by atoms with Crippen LogP contribution in [0.2, 0.25) is 0 Å². The van der Waals surface area contributed by atoms with Gasteiger partial charge in [0.05, 0.1) is 6.61 Å². The number of hydrogen-bond acceptors (Lipinski definition) is 2. The van der Waals surface area contributed by atoms with Gasteiger partial charge in [0.1, 0.15) is 0 Å². The zero-order chi connectivity index (χ0) is 10.2. The Balaban J connectivity index is 2.21. The minimum atomic E-state index is -0.324. The van der Waals surface area contributed by atoms with Crippen LogP contribution in [0, 0.1) is 5.82 Å². The summed E-state index contributed by atoms with van der Waals surface area (Å²) in [4.78, 5) is 0. The number of hydrogen-bond donors (Lipinski definition) is 1. The second-order valence-corrected chi connectivity index (χ2v) is 3.06. The fourth-order valence-electron chi connectivity index (χ4n) is 1.13. The van der Waals surface area contributed by atoms with E-state index in [2.05, 4.69) is 0 Å². The predicted molar refractivity (Wildman–Crippen MR) is 52.8 cm³/mol. The maximum Gasteiger partial charge on any atom is 0.165 e. The number of ether oxygens (including phenoxy) is 1. The number of rotatable bonds is 6. The van der Waals surface area contributed by atoms with Gasteiger partial charge in [-0.15, -0.1) is 0 Å². The van der Waals surface area contributed by atoms with Gasteiger partial charge in [-0.05, 0) is 31.4 Å². The van der Waals surface area contributed by atoms with Crippen molar-refractivity contribution in [3.63, 3.8) is 0 Å². The Kier molecular flexibility index (Phi) is 5.00. The molecular weight excluding hydrogens is 183 g/mol. The molecule has 0 bridgehead atoms. The fraction of sp³-hybridized carbons (Fsp3) is 0.455. The zero-order valence-corrected chi connectivity index (χ0v) is 8.08. The molecule has 0 aliphatic heterocycles. The van der Waals surface area contributed by atoms with E-state index in [0.717, 1.165) is 19.3 Å². The lowest BCUT2D eigenvalue weighted by molar-refractivity contribution is 0.261. The first-order valence-corrected chi connectivity index (χ1v) is 4.83. The third-order valence-corrected chi connectivity index (χ3v) is 1.90. The minimum absolute atomic E-state index is 0.208. The Labute approximate surface area is 83.3 Å². The van der Waals surface area contributed by atoms with E-state index in [1.54, 1.807) is 18.2 Å². The van der Waals surface area contributed by atoms with Crippen LogP contribution in [0.25, 0.3) is 0 Å². The largest absolute Gasteiger partial charge is 0.491 e. The molecule has 0 aromatic heterocycles. The first-order chi connectivity index (χ1) is 6.84.